The lowest BCUT2D eigenvalue weighted by molar-refractivity contribution is 0.164. The number of piperidine rings is 1. The van der Waals surface area contributed by atoms with Crippen LogP contribution in [0.2, 0.25) is 0 Å². The van der Waals surface area contributed by atoms with Crippen molar-refractivity contribution in [3.05, 3.63) is 46.3 Å². The molecule has 1 saturated heterocycles. The minimum absolute atomic E-state index is 0.0792. The maximum atomic E-state index is 12.0. The highest BCUT2D eigenvalue weighted by molar-refractivity contribution is 5.01. The highest BCUT2D eigenvalue weighted by Gasteiger charge is 2.20. The number of nitrogens with zero attached hydrogens (tertiary/aromatic N) is 4. The molecule has 0 N–H and O–H groups in total. The van der Waals surface area contributed by atoms with Gasteiger partial charge in [0.1, 0.15) is 6.26 Å². The van der Waals surface area contributed by atoms with E-state index in [1.165, 1.54) is 0 Å². The smallest absolute Gasteiger partial charge is 0.256 e. The summed E-state index contributed by atoms with van der Waals surface area (Å²) < 4.78 is 6.99. The van der Waals surface area contributed by atoms with Crippen LogP contribution in [0.4, 0.5) is 0 Å². The number of hydrogen-bond acceptors (Lipinski definition) is 5. The summed E-state index contributed by atoms with van der Waals surface area (Å²) in [6.45, 7) is 7.35. The Morgan fingerprint density at radius 1 is 1.32 bits per heavy atom. The molecule has 0 spiro atoms. The number of aryl methyl sites for hydroxylation is 2. The Hall–Kier alpha value is -1.95. The number of aromatic nitrogens is 3. The minimum Gasteiger partial charge on any atom is -0.449 e. The molecule has 0 amide bonds. The van der Waals surface area contributed by atoms with Crippen molar-refractivity contribution in [2.45, 2.75) is 39.8 Å². The molecule has 0 bridgehead atoms. The average molecular weight is 302 g/mol. The van der Waals surface area contributed by atoms with Gasteiger partial charge in [0.25, 0.3) is 5.56 Å². The van der Waals surface area contributed by atoms with Gasteiger partial charge in [-0.05, 0) is 38.8 Å². The molecule has 0 saturated carbocycles. The van der Waals surface area contributed by atoms with Crippen molar-refractivity contribution in [1.29, 1.82) is 0 Å². The van der Waals surface area contributed by atoms with Crippen LogP contribution in [0.25, 0.3) is 0 Å². The molecule has 118 valence electrons. The molecule has 0 aromatic carbocycles. The molecule has 0 radical (unpaired) electrons. The van der Waals surface area contributed by atoms with Crippen LogP contribution < -0.4 is 5.56 Å². The van der Waals surface area contributed by atoms with Crippen LogP contribution in [0.15, 0.2) is 28.0 Å². The third-order valence-electron chi connectivity index (χ3n) is 4.29. The zero-order chi connectivity index (χ0) is 15.5. The molecule has 2 aromatic heterocycles. The van der Waals surface area contributed by atoms with E-state index < -0.39 is 0 Å². The fraction of sp³-hybridized carbons (Fsp3) is 0.562. The number of rotatable bonds is 4. The van der Waals surface area contributed by atoms with Gasteiger partial charge in [-0.25, -0.2) is 9.97 Å². The molecule has 1 aliphatic rings. The summed E-state index contributed by atoms with van der Waals surface area (Å²) in [7, 11) is 0. The Balaban J connectivity index is 1.53. The second-order valence-corrected chi connectivity index (χ2v) is 6.11. The summed E-state index contributed by atoms with van der Waals surface area (Å²) in [6.07, 6.45) is 7.20. The zero-order valence-corrected chi connectivity index (χ0v) is 13.2. The Bertz CT molecular complexity index is 683. The molecular weight excluding hydrogens is 280 g/mol. The predicted molar refractivity (Wildman–Crippen MR) is 82.5 cm³/mol. The Kier molecular flexibility index (Phi) is 4.38. The van der Waals surface area contributed by atoms with Gasteiger partial charge in [-0.3, -0.25) is 14.3 Å². The molecule has 6 nitrogen and oxygen atoms in total. The van der Waals surface area contributed by atoms with E-state index in [-0.39, 0.29) is 5.56 Å². The number of hydrogen-bond donors (Lipinski definition) is 0. The summed E-state index contributed by atoms with van der Waals surface area (Å²) >= 11 is 0. The van der Waals surface area contributed by atoms with Gasteiger partial charge in [-0.1, -0.05) is 0 Å². The quantitative estimate of drug-likeness (QED) is 0.861. The maximum Gasteiger partial charge on any atom is 0.256 e. The zero-order valence-electron chi connectivity index (χ0n) is 13.2. The molecule has 6 heteroatoms. The second-order valence-electron chi connectivity index (χ2n) is 6.11. The monoisotopic (exact) mass is 302 g/mol. The van der Waals surface area contributed by atoms with Crippen LogP contribution in [0.3, 0.4) is 0 Å². The summed E-state index contributed by atoms with van der Waals surface area (Å²) in [5.74, 6) is 1.26. The van der Waals surface area contributed by atoms with Gasteiger partial charge in [0.2, 0.25) is 0 Å². The molecule has 3 heterocycles. The Morgan fingerprint density at radius 3 is 2.77 bits per heavy atom. The molecule has 22 heavy (non-hydrogen) atoms. The van der Waals surface area contributed by atoms with Crippen molar-refractivity contribution < 1.29 is 4.42 Å². The van der Waals surface area contributed by atoms with Crippen LogP contribution in [0, 0.1) is 19.8 Å². The lowest BCUT2D eigenvalue weighted by atomic mass is 9.96. The van der Waals surface area contributed by atoms with Crippen LogP contribution in [0.1, 0.15) is 30.0 Å². The van der Waals surface area contributed by atoms with Crippen LogP contribution in [0.5, 0.6) is 0 Å². The van der Waals surface area contributed by atoms with E-state index in [9.17, 15) is 4.79 Å². The standard InChI is InChI=1S/C16H22N4O2/c1-12-7-17-11-20(16(12)21)8-14-3-5-19(6-4-14)9-15-10-22-13(2)18-15/h7,10-11,14H,3-6,8-9H2,1-2H3. The first-order valence-electron chi connectivity index (χ1n) is 7.76. The van der Waals surface area contributed by atoms with Crippen molar-refractivity contribution >= 4 is 0 Å². The average Bonchev–Trinajstić information content (AvgIpc) is 2.91. The highest BCUT2D eigenvalue weighted by Crippen LogP contribution is 2.20. The van der Waals surface area contributed by atoms with E-state index in [4.69, 9.17) is 4.42 Å². The van der Waals surface area contributed by atoms with E-state index in [1.807, 2.05) is 13.8 Å². The Labute approximate surface area is 129 Å². The molecule has 0 unspecified atom stereocenters. The van der Waals surface area contributed by atoms with E-state index in [0.717, 1.165) is 50.6 Å². The van der Waals surface area contributed by atoms with Gasteiger partial charge in [0.05, 0.1) is 12.0 Å². The lowest BCUT2D eigenvalue weighted by Gasteiger charge is -2.31. The van der Waals surface area contributed by atoms with E-state index in [0.29, 0.717) is 11.5 Å². The topological polar surface area (TPSA) is 64.2 Å². The SMILES string of the molecule is Cc1nc(CN2CCC(Cn3cncc(C)c3=O)CC2)co1. The first-order chi connectivity index (χ1) is 10.6. The van der Waals surface area contributed by atoms with Crippen molar-refractivity contribution in [2.75, 3.05) is 13.1 Å². The summed E-state index contributed by atoms with van der Waals surface area (Å²) in [4.78, 5) is 22.9. The van der Waals surface area contributed by atoms with Crippen molar-refractivity contribution in [3.8, 4) is 0 Å². The van der Waals surface area contributed by atoms with Crippen LogP contribution >= 0.6 is 0 Å². The second kappa shape index (κ2) is 6.44. The minimum atomic E-state index is 0.0792. The van der Waals surface area contributed by atoms with Crippen LogP contribution in [-0.4, -0.2) is 32.5 Å². The van der Waals surface area contributed by atoms with Gasteiger partial charge in [0, 0.05) is 31.8 Å². The van der Waals surface area contributed by atoms with Crippen LogP contribution in [-0.2, 0) is 13.1 Å². The number of likely N-dealkylation sites (tertiary alicyclic amines) is 1. The molecular formula is C16H22N4O2. The molecule has 0 atom stereocenters. The molecule has 1 fully saturated rings. The Morgan fingerprint density at radius 2 is 2.09 bits per heavy atom. The van der Waals surface area contributed by atoms with E-state index in [2.05, 4.69) is 14.9 Å². The first-order valence-corrected chi connectivity index (χ1v) is 7.76. The summed E-state index contributed by atoms with van der Waals surface area (Å²) in [6, 6.07) is 0. The summed E-state index contributed by atoms with van der Waals surface area (Å²) in [5, 5.41) is 0. The van der Waals surface area contributed by atoms with Crippen molar-refractivity contribution in [1.82, 2.24) is 19.4 Å². The molecule has 2 aromatic rings. The summed E-state index contributed by atoms with van der Waals surface area (Å²) in [5.41, 5.74) is 1.78. The van der Waals surface area contributed by atoms with Crippen molar-refractivity contribution in [3.63, 3.8) is 0 Å². The maximum absolute atomic E-state index is 12.0. The van der Waals surface area contributed by atoms with Gasteiger partial charge >= 0.3 is 0 Å². The van der Waals surface area contributed by atoms with Crippen molar-refractivity contribution in [2.24, 2.45) is 5.92 Å². The van der Waals surface area contributed by atoms with E-state index >= 15 is 0 Å². The van der Waals surface area contributed by atoms with Gasteiger partial charge in [0.15, 0.2) is 5.89 Å². The predicted octanol–water partition coefficient (Wildman–Crippen LogP) is 1.76. The molecule has 1 aliphatic heterocycles. The normalized spacial score (nSPS) is 17.0. The fourth-order valence-electron chi connectivity index (χ4n) is 3.01. The van der Waals surface area contributed by atoms with Gasteiger partial charge in [-0.2, -0.15) is 0 Å². The largest absolute Gasteiger partial charge is 0.449 e. The van der Waals surface area contributed by atoms with Gasteiger partial charge in [-0.15, -0.1) is 0 Å². The highest BCUT2D eigenvalue weighted by atomic mass is 16.3. The molecule has 3 rings (SSSR count). The van der Waals surface area contributed by atoms with Gasteiger partial charge < -0.3 is 4.42 Å². The molecule has 0 aliphatic carbocycles. The fourth-order valence-corrected chi connectivity index (χ4v) is 3.01. The lowest BCUT2D eigenvalue weighted by Crippen LogP contribution is -2.36. The number of oxazole rings is 1. The third kappa shape index (κ3) is 3.44. The van der Waals surface area contributed by atoms with E-state index in [1.54, 1.807) is 23.4 Å². The third-order valence-corrected chi connectivity index (χ3v) is 4.29. The first kappa shape index (κ1) is 15.0.